The van der Waals surface area contributed by atoms with Crippen LogP contribution in [0.25, 0.3) is 0 Å². The van der Waals surface area contributed by atoms with Gasteiger partial charge < -0.3 is 9.64 Å². The van der Waals surface area contributed by atoms with Crippen molar-refractivity contribution < 1.29 is 27.4 Å². The number of carbonyl (C=O) groups is 1. The zero-order valence-corrected chi connectivity index (χ0v) is 9.34. The first-order valence-electron chi connectivity index (χ1n) is 4.90. The van der Waals surface area contributed by atoms with Crippen LogP contribution in [-0.2, 0) is 14.3 Å². The minimum atomic E-state index is -4.60. The monoisotopic (exact) mass is 243 g/mol. The second-order valence-corrected chi connectivity index (χ2v) is 3.15. The molecule has 0 bridgehead atoms. The van der Waals surface area contributed by atoms with Crippen molar-refractivity contribution in [2.75, 3.05) is 33.4 Å². The Kier molecular flexibility index (Phi) is 7.07. The molecule has 0 rings (SSSR count). The van der Waals surface area contributed by atoms with E-state index in [0.29, 0.717) is 13.2 Å². The Morgan fingerprint density at radius 2 is 1.94 bits per heavy atom. The lowest BCUT2D eigenvalue weighted by atomic mass is 10.4. The number of alkyl halides is 3. The van der Waals surface area contributed by atoms with E-state index in [1.54, 1.807) is 18.9 Å². The number of esters is 1. The zero-order chi connectivity index (χ0) is 12.6. The molecule has 0 aromatic rings. The molecule has 0 aliphatic carbocycles. The Hall–Kier alpha value is -0.820. The van der Waals surface area contributed by atoms with E-state index < -0.39 is 13.0 Å². The van der Waals surface area contributed by atoms with Crippen LogP contribution in [-0.4, -0.2) is 50.6 Å². The summed E-state index contributed by atoms with van der Waals surface area (Å²) >= 11 is 0. The fourth-order valence-corrected chi connectivity index (χ4v) is 0.944. The summed E-state index contributed by atoms with van der Waals surface area (Å²) in [4.78, 5) is 12.5. The van der Waals surface area contributed by atoms with Gasteiger partial charge in [-0.3, -0.25) is 9.53 Å². The molecule has 0 aliphatic rings. The SMILES string of the molecule is CCOC(=O)CCN(C)CCOC(F)(F)F. The molecule has 0 unspecified atom stereocenters. The molecule has 0 aromatic carbocycles. The van der Waals surface area contributed by atoms with Crippen LogP contribution in [0, 0.1) is 0 Å². The molecule has 0 saturated heterocycles. The molecule has 0 aromatic heterocycles. The maximum atomic E-state index is 11.6. The molecular weight excluding hydrogens is 227 g/mol. The lowest BCUT2D eigenvalue weighted by Gasteiger charge is -2.16. The number of halogens is 3. The van der Waals surface area contributed by atoms with Crippen LogP contribution in [0.4, 0.5) is 13.2 Å². The fourth-order valence-electron chi connectivity index (χ4n) is 0.944. The van der Waals surface area contributed by atoms with Gasteiger partial charge in [-0.2, -0.15) is 0 Å². The predicted octanol–water partition coefficient (Wildman–Crippen LogP) is 1.41. The Bertz CT molecular complexity index is 209. The molecule has 0 saturated carbocycles. The smallest absolute Gasteiger partial charge is 0.466 e. The van der Waals surface area contributed by atoms with Crippen molar-refractivity contribution in [2.24, 2.45) is 0 Å². The number of carbonyl (C=O) groups excluding carboxylic acids is 1. The number of hydrogen-bond donors (Lipinski definition) is 0. The summed E-state index contributed by atoms with van der Waals surface area (Å²) in [5.41, 5.74) is 0. The Labute approximate surface area is 92.3 Å². The summed E-state index contributed by atoms with van der Waals surface area (Å²) in [6, 6.07) is 0. The van der Waals surface area contributed by atoms with E-state index in [0.717, 1.165) is 0 Å². The van der Waals surface area contributed by atoms with E-state index in [4.69, 9.17) is 0 Å². The minimum Gasteiger partial charge on any atom is -0.466 e. The van der Waals surface area contributed by atoms with Crippen molar-refractivity contribution in [1.29, 1.82) is 0 Å². The van der Waals surface area contributed by atoms with Crippen molar-refractivity contribution in [3.8, 4) is 0 Å². The standard InChI is InChI=1S/C9H16F3NO3/c1-3-15-8(14)4-5-13(2)6-7-16-9(10,11)12/h3-7H2,1-2H3. The van der Waals surface area contributed by atoms with Gasteiger partial charge in [0, 0.05) is 13.1 Å². The minimum absolute atomic E-state index is 0.110. The molecule has 0 fully saturated rings. The van der Waals surface area contributed by atoms with Gasteiger partial charge in [0.25, 0.3) is 0 Å². The van der Waals surface area contributed by atoms with E-state index in [1.807, 2.05) is 0 Å². The number of hydrogen-bond acceptors (Lipinski definition) is 4. The molecule has 4 nitrogen and oxygen atoms in total. The molecule has 0 aliphatic heterocycles. The number of ether oxygens (including phenoxy) is 2. The predicted molar refractivity (Wildman–Crippen MR) is 50.8 cm³/mol. The number of likely N-dealkylation sites (N-methyl/N-ethyl adjacent to an activating group) is 1. The maximum Gasteiger partial charge on any atom is 0.522 e. The van der Waals surface area contributed by atoms with E-state index in [1.165, 1.54) is 0 Å². The third-order valence-corrected chi connectivity index (χ3v) is 1.74. The third-order valence-electron chi connectivity index (χ3n) is 1.74. The molecule has 0 heterocycles. The van der Waals surface area contributed by atoms with Crippen LogP contribution >= 0.6 is 0 Å². The molecule has 96 valence electrons. The van der Waals surface area contributed by atoms with Gasteiger partial charge in [-0.15, -0.1) is 13.2 Å². The first-order valence-corrected chi connectivity index (χ1v) is 4.90. The third kappa shape index (κ3) is 9.72. The van der Waals surface area contributed by atoms with Crippen molar-refractivity contribution in [2.45, 2.75) is 19.7 Å². The molecule has 0 amide bonds. The summed E-state index contributed by atoms with van der Waals surface area (Å²) in [6.45, 7) is 2.01. The molecule has 0 atom stereocenters. The Morgan fingerprint density at radius 3 is 2.44 bits per heavy atom. The Morgan fingerprint density at radius 1 is 1.31 bits per heavy atom. The quantitative estimate of drug-likeness (QED) is 0.634. The van der Waals surface area contributed by atoms with Gasteiger partial charge >= 0.3 is 12.3 Å². The highest BCUT2D eigenvalue weighted by Crippen LogP contribution is 2.15. The average Bonchev–Trinajstić information content (AvgIpc) is 2.13. The van der Waals surface area contributed by atoms with Crippen molar-refractivity contribution in [3.63, 3.8) is 0 Å². The van der Waals surface area contributed by atoms with Gasteiger partial charge in [-0.05, 0) is 14.0 Å². The maximum absolute atomic E-state index is 11.6. The van der Waals surface area contributed by atoms with Gasteiger partial charge in [0.15, 0.2) is 0 Å². The highest BCUT2D eigenvalue weighted by molar-refractivity contribution is 5.69. The lowest BCUT2D eigenvalue weighted by molar-refractivity contribution is -0.324. The van der Waals surface area contributed by atoms with Gasteiger partial charge in [-0.1, -0.05) is 0 Å². The molecule has 0 spiro atoms. The highest BCUT2D eigenvalue weighted by Gasteiger charge is 2.28. The van der Waals surface area contributed by atoms with Gasteiger partial charge in [-0.25, -0.2) is 0 Å². The summed E-state index contributed by atoms with van der Waals surface area (Å²) in [5, 5.41) is 0. The molecule has 0 N–H and O–H groups in total. The lowest BCUT2D eigenvalue weighted by Crippen LogP contribution is -2.28. The van der Waals surface area contributed by atoms with Crippen molar-refractivity contribution >= 4 is 5.97 Å². The number of rotatable bonds is 7. The second kappa shape index (κ2) is 7.45. The van der Waals surface area contributed by atoms with Crippen LogP contribution < -0.4 is 0 Å². The summed E-state index contributed by atoms with van der Waals surface area (Å²) in [7, 11) is 1.61. The fraction of sp³-hybridized carbons (Fsp3) is 0.889. The molecular formula is C9H16F3NO3. The van der Waals surface area contributed by atoms with Crippen molar-refractivity contribution in [1.82, 2.24) is 4.90 Å². The first kappa shape index (κ1) is 15.2. The van der Waals surface area contributed by atoms with Crippen LogP contribution in [0.3, 0.4) is 0 Å². The zero-order valence-electron chi connectivity index (χ0n) is 9.34. The first-order chi connectivity index (χ1) is 7.35. The average molecular weight is 243 g/mol. The molecule has 7 heteroatoms. The summed E-state index contributed by atoms with van der Waals surface area (Å²) in [5.74, 6) is -0.355. The normalized spacial score (nSPS) is 11.9. The largest absolute Gasteiger partial charge is 0.522 e. The van der Waals surface area contributed by atoms with Crippen LogP contribution in [0.15, 0.2) is 0 Å². The van der Waals surface area contributed by atoms with E-state index in [9.17, 15) is 18.0 Å². The molecule has 0 radical (unpaired) electrons. The Balaban J connectivity index is 3.52. The second-order valence-electron chi connectivity index (χ2n) is 3.15. The van der Waals surface area contributed by atoms with Gasteiger partial charge in [0.05, 0.1) is 19.6 Å². The van der Waals surface area contributed by atoms with Gasteiger partial charge in [0.1, 0.15) is 0 Å². The summed E-state index contributed by atoms with van der Waals surface area (Å²) in [6.07, 6.45) is -4.43. The van der Waals surface area contributed by atoms with Crippen LogP contribution in [0.2, 0.25) is 0 Å². The van der Waals surface area contributed by atoms with E-state index in [-0.39, 0.29) is 18.9 Å². The van der Waals surface area contributed by atoms with Crippen molar-refractivity contribution in [3.05, 3.63) is 0 Å². The van der Waals surface area contributed by atoms with Gasteiger partial charge in [0.2, 0.25) is 0 Å². The molecule has 16 heavy (non-hydrogen) atoms. The van der Waals surface area contributed by atoms with E-state index >= 15 is 0 Å². The van der Waals surface area contributed by atoms with E-state index in [2.05, 4.69) is 9.47 Å². The van der Waals surface area contributed by atoms with Crippen LogP contribution in [0.1, 0.15) is 13.3 Å². The highest BCUT2D eigenvalue weighted by atomic mass is 19.4. The summed E-state index contributed by atoms with van der Waals surface area (Å²) < 4.78 is 43.1. The van der Waals surface area contributed by atoms with Crippen LogP contribution in [0.5, 0.6) is 0 Å². The number of nitrogens with zero attached hydrogens (tertiary/aromatic N) is 1. The topological polar surface area (TPSA) is 38.8 Å².